The Balaban J connectivity index is 1.27. The molecule has 4 nitrogen and oxygen atoms in total. The fourth-order valence-corrected chi connectivity index (χ4v) is 5.92. The van der Waals surface area contributed by atoms with Crippen LogP contribution >= 0.6 is 0 Å². The topological polar surface area (TPSA) is 50.4 Å². The molecule has 5 rings (SSSR count). The van der Waals surface area contributed by atoms with Gasteiger partial charge in [-0.2, -0.15) is 0 Å². The molecule has 0 unspecified atom stereocenters. The van der Waals surface area contributed by atoms with Crippen molar-refractivity contribution >= 4 is 5.91 Å². The van der Waals surface area contributed by atoms with Gasteiger partial charge in [0.25, 0.3) is 5.91 Å². The lowest BCUT2D eigenvalue weighted by atomic mass is 9.53. The molecule has 148 valence electrons. The van der Waals surface area contributed by atoms with E-state index < -0.39 is 0 Å². The van der Waals surface area contributed by atoms with Crippen molar-refractivity contribution in [2.24, 2.45) is 17.8 Å². The smallest absolute Gasteiger partial charge is 0.258 e. The maximum Gasteiger partial charge on any atom is 0.258 e. The standard InChI is InChI=1S/C23H34N2O2/c1-22(2,3)25-21(26)15-27-20-6-4-16(5-7-20)14-24-23-11-17-8-18(12-23)10-19(9-17)13-23/h4-7,17-19,24H,8-15H2,1-3H3,(H,25,26). The second-order valence-corrected chi connectivity index (χ2v) is 10.3. The number of nitrogens with one attached hydrogen (secondary N) is 2. The molecule has 1 aromatic rings. The molecule has 4 heteroatoms. The average Bonchev–Trinajstić information content (AvgIpc) is 2.56. The van der Waals surface area contributed by atoms with E-state index in [0.29, 0.717) is 5.54 Å². The van der Waals surface area contributed by atoms with Gasteiger partial charge in [-0.15, -0.1) is 0 Å². The van der Waals surface area contributed by atoms with Crippen LogP contribution in [0.2, 0.25) is 0 Å². The fourth-order valence-electron chi connectivity index (χ4n) is 5.92. The lowest BCUT2D eigenvalue weighted by Crippen LogP contribution is -2.58. The van der Waals surface area contributed by atoms with Crippen LogP contribution in [0.1, 0.15) is 64.9 Å². The van der Waals surface area contributed by atoms with Crippen molar-refractivity contribution in [3.8, 4) is 5.75 Å². The van der Waals surface area contributed by atoms with Crippen LogP contribution in [0.25, 0.3) is 0 Å². The molecular weight excluding hydrogens is 336 g/mol. The van der Waals surface area contributed by atoms with Crippen molar-refractivity contribution < 1.29 is 9.53 Å². The Morgan fingerprint density at radius 2 is 1.59 bits per heavy atom. The Kier molecular flexibility index (Phi) is 4.96. The largest absolute Gasteiger partial charge is 0.484 e. The predicted octanol–water partition coefficient (Wildman–Crippen LogP) is 4.04. The van der Waals surface area contributed by atoms with Crippen molar-refractivity contribution in [1.82, 2.24) is 10.6 Å². The van der Waals surface area contributed by atoms with Crippen LogP contribution in [0.5, 0.6) is 5.75 Å². The first kappa shape index (κ1) is 18.8. The van der Waals surface area contributed by atoms with Crippen LogP contribution in [0.4, 0.5) is 0 Å². The maximum atomic E-state index is 11.9. The van der Waals surface area contributed by atoms with Gasteiger partial charge in [0.1, 0.15) is 5.75 Å². The molecule has 0 saturated heterocycles. The molecular formula is C23H34N2O2. The van der Waals surface area contributed by atoms with Crippen molar-refractivity contribution in [3.63, 3.8) is 0 Å². The van der Waals surface area contributed by atoms with E-state index in [-0.39, 0.29) is 18.1 Å². The van der Waals surface area contributed by atoms with Crippen LogP contribution in [0, 0.1) is 17.8 Å². The predicted molar refractivity (Wildman–Crippen MR) is 108 cm³/mol. The minimum Gasteiger partial charge on any atom is -0.484 e. The first-order chi connectivity index (χ1) is 12.8. The van der Waals surface area contributed by atoms with E-state index >= 15 is 0 Å². The van der Waals surface area contributed by atoms with Gasteiger partial charge in [-0.1, -0.05) is 12.1 Å². The molecule has 0 spiro atoms. The molecule has 0 radical (unpaired) electrons. The number of hydrogen-bond donors (Lipinski definition) is 2. The quantitative estimate of drug-likeness (QED) is 0.795. The molecule has 4 bridgehead atoms. The highest BCUT2D eigenvalue weighted by Gasteiger charge is 2.50. The van der Waals surface area contributed by atoms with Gasteiger partial charge >= 0.3 is 0 Å². The first-order valence-corrected chi connectivity index (χ1v) is 10.6. The van der Waals surface area contributed by atoms with E-state index in [1.165, 1.54) is 44.1 Å². The normalized spacial score (nSPS) is 31.7. The lowest BCUT2D eigenvalue weighted by Gasteiger charge is -2.57. The summed E-state index contributed by atoms with van der Waals surface area (Å²) in [5, 5.41) is 6.84. The van der Waals surface area contributed by atoms with E-state index in [1.54, 1.807) is 0 Å². The zero-order valence-corrected chi connectivity index (χ0v) is 17.0. The van der Waals surface area contributed by atoms with Gasteiger partial charge in [-0.25, -0.2) is 0 Å². The summed E-state index contributed by atoms with van der Waals surface area (Å²) in [6, 6.07) is 8.18. The Labute approximate surface area is 163 Å². The average molecular weight is 371 g/mol. The molecule has 4 saturated carbocycles. The molecule has 1 amide bonds. The SMILES string of the molecule is CC(C)(C)NC(=O)COc1ccc(CNC23CC4CC(CC(C4)C2)C3)cc1. The fraction of sp³-hybridized carbons (Fsp3) is 0.696. The molecule has 27 heavy (non-hydrogen) atoms. The molecule has 0 aromatic heterocycles. The van der Waals surface area contributed by atoms with E-state index in [2.05, 4.69) is 22.8 Å². The number of carbonyl (C=O) groups is 1. The number of amides is 1. The Hall–Kier alpha value is -1.55. The van der Waals surface area contributed by atoms with Crippen molar-refractivity contribution in [1.29, 1.82) is 0 Å². The van der Waals surface area contributed by atoms with Gasteiger partial charge in [0.15, 0.2) is 6.61 Å². The van der Waals surface area contributed by atoms with Gasteiger partial charge in [0.05, 0.1) is 0 Å². The minimum atomic E-state index is -0.229. The van der Waals surface area contributed by atoms with Crippen LogP contribution in [0.15, 0.2) is 24.3 Å². The zero-order valence-electron chi connectivity index (χ0n) is 17.0. The van der Waals surface area contributed by atoms with Crippen LogP contribution < -0.4 is 15.4 Å². The summed E-state index contributed by atoms with van der Waals surface area (Å²) < 4.78 is 5.61. The number of hydrogen-bond acceptors (Lipinski definition) is 3. The summed E-state index contributed by atoms with van der Waals surface area (Å²) in [5.74, 6) is 3.57. The summed E-state index contributed by atoms with van der Waals surface area (Å²) >= 11 is 0. The van der Waals surface area contributed by atoms with E-state index in [1.807, 2.05) is 32.9 Å². The lowest BCUT2D eigenvalue weighted by molar-refractivity contribution is -0.124. The van der Waals surface area contributed by atoms with E-state index in [4.69, 9.17) is 4.74 Å². The Bertz CT molecular complexity index is 639. The molecule has 4 fully saturated rings. The third-order valence-corrected chi connectivity index (χ3v) is 6.51. The third kappa shape index (κ3) is 4.66. The van der Waals surface area contributed by atoms with Crippen LogP contribution in [-0.2, 0) is 11.3 Å². The van der Waals surface area contributed by atoms with E-state index in [0.717, 1.165) is 30.0 Å². The number of rotatable bonds is 6. The number of carbonyl (C=O) groups excluding carboxylic acids is 1. The molecule has 1 aromatic carbocycles. The summed E-state index contributed by atoms with van der Waals surface area (Å²) in [5.41, 5.74) is 1.46. The summed E-state index contributed by atoms with van der Waals surface area (Å²) in [4.78, 5) is 11.9. The minimum absolute atomic E-state index is 0.0577. The number of ether oxygens (including phenoxy) is 1. The van der Waals surface area contributed by atoms with Gasteiger partial charge in [0.2, 0.25) is 0 Å². The second-order valence-electron chi connectivity index (χ2n) is 10.3. The summed E-state index contributed by atoms with van der Waals surface area (Å²) in [6.45, 7) is 6.89. The monoisotopic (exact) mass is 370 g/mol. The van der Waals surface area contributed by atoms with Crippen LogP contribution in [0.3, 0.4) is 0 Å². The van der Waals surface area contributed by atoms with Gasteiger partial charge < -0.3 is 15.4 Å². The Morgan fingerprint density at radius 1 is 1.04 bits per heavy atom. The van der Waals surface area contributed by atoms with Gasteiger partial charge in [-0.3, -0.25) is 4.79 Å². The maximum absolute atomic E-state index is 11.9. The highest BCUT2D eigenvalue weighted by Crippen LogP contribution is 2.55. The first-order valence-electron chi connectivity index (χ1n) is 10.6. The highest BCUT2D eigenvalue weighted by molar-refractivity contribution is 5.78. The van der Waals surface area contributed by atoms with Crippen LogP contribution in [-0.4, -0.2) is 23.6 Å². The molecule has 4 aliphatic carbocycles. The van der Waals surface area contributed by atoms with Crippen molar-refractivity contribution in [3.05, 3.63) is 29.8 Å². The van der Waals surface area contributed by atoms with Gasteiger partial charge in [-0.05, 0) is 94.7 Å². The zero-order chi connectivity index (χ0) is 19.1. The highest BCUT2D eigenvalue weighted by atomic mass is 16.5. The number of benzene rings is 1. The molecule has 0 atom stereocenters. The molecule has 0 heterocycles. The van der Waals surface area contributed by atoms with E-state index in [9.17, 15) is 4.79 Å². The van der Waals surface area contributed by atoms with Gasteiger partial charge in [0, 0.05) is 17.6 Å². The van der Waals surface area contributed by atoms with Crippen molar-refractivity contribution in [2.75, 3.05) is 6.61 Å². The second kappa shape index (κ2) is 7.12. The molecule has 0 aliphatic heterocycles. The molecule has 2 N–H and O–H groups in total. The Morgan fingerprint density at radius 3 is 2.11 bits per heavy atom. The summed E-state index contributed by atoms with van der Waals surface area (Å²) in [7, 11) is 0. The molecule has 4 aliphatic rings. The van der Waals surface area contributed by atoms with Crippen molar-refractivity contribution in [2.45, 2.75) is 76.9 Å². The third-order valence-electron chi connectivity index (χ3n) is 6.51. The summed E-state index contributed by atoms with van der Waals surface area (Å²) in [6.07, 6.45) is 8.58.